The van der Waals surface area contributed by atoms with Crippen LogP contribution < -0.4 is 10.5 Å². The second-order valence-electron chi connectivity index (χ2n) is 5.66. The predicted molar refractivity (Wildman–Crippen MR) is 77.8 cm³/mol. The van der Waals surface area contributed by atoms with E-state index in [1.165, 1.54) is 0 Å². The molecule has 0 radical (unpaired) electrons. The molecule has 2 N–H and O–H groups in total. The molecule has 3 nitrogen and oxygen atoms in total. The molecule has 0 aliphatic carbocycles. The van der Waals surface area contributed by atoms with E-state index in [9.17, 15) is 0 Å². The number of rotatable bonds is 7. The van der Waals surface area contributed by atoms with Crippen LogP contribution in [0.4, 0.5) is 0 Å². The Morgan fingerprint density at radius 3 is 2.42 bits per heavy atom. The Morgan fingerprint density at radius 1 is 1.26 bits per heavy atom. The van der Waals surface area contributed by atoms with Gasteiger partial charge in [0.05, 0.1) is 18.1 Å². The van der Waals surface area contributed by atoms with Crippen LogP contribution in [0, 0.1) is 16.7 Å². The molecule has 3 heteroatoms. The van der Waals surface area contributed by atoms with Gasteiger partial charge in [-0.2, -0.15) is 5.26 Å². The van der Waals surface area contributed by atoms with Crippen molar-refractivity contribution in [3.8, 4) is 11.8 Å². The Morgan fingerprint density at radius 2 is 1.89 bits per heavy atom. The van der Waals surface area contributed by atoms with E-state index >= 15 is 0 Å². The van der Waals surface area contributed by atoms with Crippen LogP contribution in [0.1, 0.15) is 51.6 Å². The zero-order valence-corrected chi connectivity index (χ0v) is 12.1. The summed E-state index contributed by atoms with van der Waals surface area (Å²) in [5.41, 5.74) is 6.68. The van der Waals surface area contributed by atoms with E-state index in [0.717, 1.165) is 30.6 Å². The largest absolute Gasteiger partial charge is 0.494 e. The molecule has 0 amide bonds. The van der Waals surface area contributed by atoms with Crippen molar-refractivity contribution >= 4 is 0 Å². The molecule has 0 aliphatic rings. The van der Waals surface area contributed by atoms with E-state index in [1.54, 1.807) is 0 Å². The molecule has 0 bridgehead atoms. The number of unbranched alkanes of at least 4 members (excludes halogenated alkanes) is 1. The maximum Gasteiger partial charge on any atom is 0.119 e. The van der Waals surface area contributed by atoms with Gasteiger partial charge in [-0.05, 0) is 57.7 Å². The Labute approximate surface area is 116 Å². The van der Waals surface area contributed by atoms with E-state index in [0.29, 0.717) is 6.61 Å². The molecule has 19 heavy (non-hydrogen) atoms. The van der Waals surface area contributed by atoms with Crippen molar-refractivity contribution in [3.63, 3.8) is 0 Å². The molecule has 0 aromatic heterocycles. The van der Waals surface area contributed by atoms with Crippen molar-refractivity contribution in [2.45, 2.75) is 46.1 Å². The average Bonchev–Trinajstić information content (AvgIpc) is 2.39. The van der Waals surface area contributed by atoms with Crippen molar-refractivity contribution in [2.75, 3.05) is 6.61 Å². The first kappa shape index (κ1) is 15.5. The second kappa shape index (κ2) is 7.16. The second-order valence-corrected chi connectivity index (χ2v) is 5.66. The van der Waals surface area contributed by atoms with Crippen LogP contribution in [0.15, 0.2) is 24.3 Å². The predicted octanol–water partition coefficient (Wildman–Crippen LogP) is 3.81. The van der Waals surface area contributed by atoms with Gasteiger partial charge >= 0.3 is 0 Å². The molecule has 1 unspecified atom stereocenters. The lowest BCUT2D eigenvalue weighted by atomic mass is 9.89. The molecular formula is C16H24N2O. The fourth-order valence-corrected chi connectivity index (χ4v) is 1.78. The summed E-state index contributed by atoms with van der Waals surface area (Å²) in [7, 11) is 0. The van der Waals surface area contributed by atoms with Crippen LogP contribution in [0.2, 0.25) is 0 Å². The number of ether oxygens (including phenoxy) is 1. The standard InChI is InChI=1S/C16H24N2O/c1-13(18)14-6-8-15(9-7-14)19-11-5-4-10-16(2,3)12-17/h6-9,13H,4-5,10-11,18H2,1-3H3. The van der Waals surface area contributed by atoms with E-state index in [4.69, 9.17) is 15.7 Å². The van der Waals surface area contributed by atoms with Gasteiger partial charge in [0.25, 0.3) is 0 Å². The lowest BCUT2D eigenvalue weighted by molar-refractivity contribution is 0.295. The highest BCUT2D eigenvalue weighted by Gasteiger charge is 2.15. The van der Waals surface area contributed by atoms with Gasteiger partial charge in [0, 0.05) is 6.04 Å². The quantitative estimate of drug-likeness (QED) is 0.758. The lowest BCUT2D eigenvalue weighted by Gasteiger charge is -2.14. The third-order valence-corrected chi connectivity index (χ3v) is 3.17. The van der Waals surface area contributed by atoms with Gasteiger partial charge in [-0.25, -0.2) is 0 Å². The number of hydrogen-bond donors (Lipinski definition) is 1. The third-order valence-electron chi connectivity index (χ3n) is 3.17. The van der Waals surface area contributed by atoms with Crippen molar-refractivity contribution < 1.29 is 4.74 Å². The van der Waals surface area contributed by atoms with Crippen molar-refractivity contribution in [1.82, 2.24) is 0 Å². The molecule has 0 aliphatic heterocycles. The highest BCUT2D eigenvalue weighted by atomic mass is 16.5. The van der Waals surface area contributed by atoms with Crippen LogP contribution in [-0.2, 0) is 0 Å². The van der Waals surface area contributed by atoms with Crippen molar-refractivity contribution in [1.29, 1.82) is 5.26 Å². The summed E-state index contributed by atoms with van der Waals surface area (Å²) in [6, 6.07) is 10.3. The smallest absolute Gasteiger partial charge is 0.119 e. The molecule has 0 spiro atoms. The van der Waals surface area contributed by atoms with Gasteiger partial charge in [0.2, 0.25) is 0 Å². The molecular weight excluding hydrogens is 236 g/mol. The van der Waals surface area contributed by atoms with Gasteiger partial charge in [-0.3, -0.25) is 0 Å². The minimum atomic E-state index is -0.223. The highest BCUT2D eigenvalue weighted by molar-refractivity contribution is 5.28. The molecule has 0 fully saturated rings. The Bertz CT molecular complexity index is 415. The van der Waals surface area contributed by atoms with Gasteiger partial charge in [-0.1, -0.05) is 12.1 Å². The maximum absolute atomic E-state index is 8.91. The van der Waals surface area contributed by atoms with Gasteiger partial charge in [0.1, 0.15) is 5.75 Å². The summed E-state index contributed by atoms with van der Waals surface area (Å²) in [5, 5.41) is 8.91. The first-order valence-electron chi connectivity index (χ1n) is 6.84. The Kier molecular flexibility index (Phi) is 5.85. The molecule has 0 saturated heterocycles. The van der Waals surface area contributed by atoms with E-state index in [2.05, 4.69) is 6.07 Å². The number of nitriles is 1. The fourth-order valence-electron chi connectivity index (χ4n) is 1.78. The van der Waals surface area contributed by atoms with Gasteiger partial charge in [-0.15, -0.1) is 0 Å². The van der Waals surface area contributed by atoms with Crippen LogP contribution >= 0.6 is 0 Å². The number of hydrogen-bond acceptors (Lipinski definition) is 3. The Balaban J connectivity index is 2.25. The molecule has 0 saturated carbocycles. The molecule has 0 heterocycles. The maximum atomic E-state index is 8.91. The van der Waals surface area contributed by atoms with Crippen LogP contribution in [0.25, 0.3) is 0 Å². The highest BCUT2D eigenvalue weighted by Crippen LogP contribution is 2.22. The summed E-state index contributed by atoms with van der Waals surface area (Å²) in [4.78, 5) is 0. The normalized spacial score (nSPS) is 12.8. The SMILES string of the molecule is CC(N)c1ccc(OCCCCC(C)(C)C#N)cc1. The fraction of sp³-hybridized carbons (Fsp3) is 0.562. The molecule has 1 aromatic rings. The number of nitrogens with zero attached hydrogens (tertiary/aromatic N) is 1. The third kappa shape index (κ3) is 5.76. The first-order valence-corrected chi connectivity index (χ1v) is 6.84. The summed E-state index contributed by atoms with van der Waals surface area (Å²) < 4.78 is 5.67. The Hall–Kier alpha value is -1.53. The van der Waals surface area contributed by atoms with E-state index < -0.39 is 0 Å². The first-order chi connectivity index (χ1) is 8.94. The number of nitrogens with two attached hydrogens (primary N) is 1. The molecule has 1 atom stereocenters. The minimum Gasteiger partial charge on any atom is -0.494 e. The van der Waals surface area contributed by atoms with Crippen LogP contribution in [-0.4, -0.2) is 6.61 Å². The zero-order chi connectivity index (χ0) is 14.3. The molecule has 1 aromatic carbocycles. The monoisotopic (exact) mass is 260 g/mol. The summed E-state index contributed by atoms with van der Waals surface area (Å²) in [6.45, 7) is 6.60. The average molecular weight is 260 g/mol. The minimum absolute atomic E-state index is 0.0577. The topological polar surface area (TPSA) is 59.0 Å². The van der Waals surface area contributed by atoms with E-state index in [-0.39, 0.29) is 11.5 Å². The molecule has 104 valence electrons. The summed E-state index contributed by atoms with van der Waals surface area (Å²) >= 11 is 0. The summed E-state index contributed by atoms with van der Waals surface area (Å²) in [6.07, 6.45) is 2.90. The van der Waals surface area contributed by atoms with Crippen molar-refractivity contribution in [3.05, 3.63) is 29.8 Å². The summed E-state index contributed by atoms with van der Waals surface area (Å²) in [5.74, 6) is 0.879. The van der Waals surface area contributed by atoms with Gasteiger partial charge < -0.3 is 10.5 Å². The van der Waals surface area contributed by atoms with Gasteiger partial charge in [0.15, 0.2) is 0 Å². The molecule has 1 rings (SSSR count). The van der Waals surface area contributed by atoms with Crippen LogP contribution in [0.3, 0.4) is 0 Å². The lowest BCUT2D eigenvalue weighted by Crippen LogP contribution is -2.08. The number of benzene rings is 1. The van der Waals surface area contributed by atoms with Crippen LogP contribution in [0.5, 0.6) is 5.75 Å². The zero-order valence-electron chi connectivity index (χ0n) is 12.1. The van der Waals surface area contributed by atoms with Crippen molar-refractivity contribution in [2.24, 2.45) is 11.1 Å². The van der Waals surface area contributed by atoms with E-state index in [1.807, 2.05) is 45.0 Å².